The van der Waals surface area contributed by atoms with Gasteiger partial charge in [0.25, 0.3) is 0 Å². The Labute approximate surface area is 97.6 Å². The molecular weight excluding hydrogens is 200 g/mol. The van der Waals surface area contributed by atoms with Crippen LogP contribution < -0.4 is 0 Å². The number of hydrogen-bond donors (Lipinski definition) is 0. The molecule has 0 radical (unpaired) electrons. The standard InChI is InChI=1S/C14H20O2/c1-4-11-7-9-12(10-8-11)14(15)13(5-2)16-6-3/h7-10,13H,4-6H2,1-3H3. The van der Waals surface area contributed by atoms with E-state index in [1.54, 1.807) is 0 Å². The van der Waals surface area contributed by atoms with E-state index in [4.69, 9.17) is 4.74 Å². The van der Waals surface area contributed by atoms with Crippen LogP contribution in [0.15, 0.2) is 24.3 Å². The van der Waals surface area contributed by atoms with Crippen molar-refractivity contribution in [2.45, 2.75) is 39.7 Å². The van der Waals surface area contributed by atoms with Gasteiger partial charge in [0.05, 0.1) is 0 Å². The molecule has 1 rings (SSSR count). The zero-order valence-electron chi connectivity index (χ0n) is 10.3. The fourth-order valence-corrected chi connectivity index (χ4v) is 1.67. The second kappa shape index (κ2) is 6.44. The van der Waals surface area contributed by atoms with E-state index in [9.17, 15) is 4.79 Å². The van der Waals surface area contributed by atoms with E-state index in [0.717, 1.165) is 18.4 Å². The van der Waals surface area contributed by atoms with Gasteiger partial charge in [-0.25, -0.2) is 0 Å². The van der Waals surface area contributed by atoms with E-state index in [1.165, 1.54) is 5.56 Å². The lowest BCUT2D eigenvalue weighted by Crippen LogP contribution is -2.23. The maximum absolute atomic E-state index is 12.0. The molecule has 0 amide bonds. The predicted octanol–water partition coefficient (Wildman–Crippen LogP) is 3.25. The van der Waals surface area contributed by atoms with Gasteiger partial charge in [0.2, 0.25) is 0 Å². The number of carbonyl (C=O) groups excluding carboxylic acids is 1. The first-order valence-corrected chi connectivity index (χ1v) is 5.97. The number of hydrogen-bond acceptors (Lipinski definition) is 2. The van der Waals surface area contributed by atoms with Crippen molar-refractivity contribution < 1.29 is 9.53 Å². The van der Waals surface area contributed by atoms with Crippen LogP contribution in [-0.4, -0.2) is 18.5 Å². The summed E-state index contributed by atoms with van der Waals surface area (Å²) < 4.78 is 5.41. The number of rotatable bonds is 6. The van der Waals surface area contributed by atoms with Gasteiger partial charge in [-0.15, -0.1) is 0 Å². The fraction of sp³-hybridized carbons (Fsp3) is 0.500. The van der Waals surface area contributed by atoms with Gasteiger partial charge in [-0.3, -0.25) is 4.79 Å². The first-order valence-electron chi connectivity index (χ1n) is 5.97. The molecule has 0 saturated heterocycles. The Morgan fingerprint density at radius 2 is 1.81 bits per heavy atom. The molecule has 1 aromatic carbocycles. The molecular formula is C14H20O2. The number of benzene rings is 1. The maximum atomic E-state index is 12.0. The fourth-order valence-electron chi connectivity index (χ4n) is 1.67. The van der Waals surface area contributed by atoms with Crippen LogP contribution >= 0.6 is 0 Å². The zero-order valence-corrected chi connectivity index (χ0v) is 10.3. The van der Waals surface area contributed by atoms with Crippen LogP contribution in [0.5, 0.6) is 0 Å². The van der Waals surface area contributed by atoms with Crippen molar-refractivity contribution in [1.29, 1.82) is 0 Å². The van der Waals surface area contributed by atoms with Crippen molar-refractivity contribution in [2.24, 2.45) is 0 Å². The molecule has 1 aromatic rings. The molecule has 2 heteroatoms. The molecule has 0 aromatic heterocycles. The third kappa shape index (κ3) is 3.17. The summed E-state index contributed by atoms with van der Waals surface area (Å²) in [5.41, 5.74) is 2.00. The molecule has 0 bridgehead atoms. The molecule has 0 aliphatic heterocycles. The summed E-state index contributed by atoms with van der Waals surface area (Å²) in [6, 6.07) is 7.80. The lowest BCUT2D eigenvalue weighted by atomic mass is 10.0. The molecule has 16 heavy (non-hydrogen) atoms. The summed E-state index contributed by atoms with van der Waals surface area (Å²) >= 11 is 0. The van der Waals surface area contributed by atoms with Gasteiger partial charge >= 0.3 is 0 Å². The van der Waals surface area contributed by atoms with Crippen LogP contribution in [0.1, 0.15) is 43.1 Å². The Morgan fingerprint density at radius 3 is 2.25 bits per heavy atom. The highest BCUT2D eigenvalue weighted by Gasteiger charge is 2.17. The Morgan fingerprint density at radius 1 is 1.19 bits per heavy atom. The maximum Gasteiger partial charge on any atom is 0.191 e. The minimum atomic E-state index is -0.294. The van der Waals surface area contributed by atoms with Gasteiger partial charge in [0.1, 0.15) is 6.10 Å². The van der Waals surface area contributed by atoms with E-state index in [1.807, 2.05) is 38.1 Å². The topological polar surface area (TPSA) is 26.3 Å². The highest BCUT2D eigenvalue weighted by molar-refractivity contribution is 5.99. The number of aryl methyl sites for hydroxylation is 1. The van der Waals surface area contributed by atoms with Gasteiger partial charge in [-0.2, -0.15) is 0 Å². The Kier molecular flexibility index (Phi) is 5.20. The monoisotopic (exact) mass is 220 g/mol. The Bertz CT molecular complexity index is 327. The number of carbonyl (C=O) groups is 1. The smallest absolute Gasteiger partial charge is 0.191 e. The van der Waals surface area contributed by atoms with E-state index < -0.39 is 0 Å². The first-order chi connectivity index (χ1) is 7.72. The van der Waals surface area contributed by atoms with Crippen molar-refractivity contribution in [2.75, 3.05) is 6.61 Å². The SMILES string of the molecule is CCOC(CC)C(=O)c1ccc(CC)cc1. The third-order valence-corrected chi connectivity index (χ3v) is 2.68. The Balaban J connectivity index is 2.78. The molecule has 2 nitrogen and oxygen atoms in total. The summed E-state index contributed by atoms with van der Waals surface area (Å²) in [6.07, 6.45) is 1.43. The molecule has 0 N–H and O–H groups in total. The molecule has 0 aliphatic carbocycles. The first kappa shape index (κ1) is 12.9. The molecule has 1 atom stereocenters. The quantitative estimate of drug-likeness (QED) is 0.688. The van der Waals surface area contributed by atoms with Gasteiger partial charge < -0.3 is 4.74 Å². The summed E-state index contributed by atoms with van der Waals surface area (Å²) in [6.45, 7) is 6.57. The molecule has 0 spiro atoms. The Hall–Kier alpha value is -1.15. The van der Waals surface area contributed by atoms with Gasteiger partial charge in [-0.1, -0.05) is 38.1 Å². The van der Waals surface area contributed by atoms with Crippen molar-refractivity contribution in [3.63, 3.8) is 0 Å². The number of ether oxygens (including phenoxy) is 1. The normalized spacial score (nSPS) is 12.4. The molecule has 0 heterocycles. The van der Waals surface area contributed by atoms with Crippen molar-refractivity contribution >= 4 is 5.78 Å². The van der Waals surface area contributed by atoms with E-state index in [-0.39, 0.29) is 11.9 Å². The van der Waals surface area contributed by atoms with E-state index in [2.05, 4.69) is 6.92 Å². The summed E-state index contributed by atoms with van der Waals surface area (Å²) in [7, 11) is 0. The average Bonchev–Trinajstić information content (AvgIpc) is 2.35. The second-order valence-corrected chi connectivity index (χ2v) is 3.77. The van der Waals surface area contributed by atoms with Crippen LogP contribution in [0.25, 0.3) is 0 Å². The highest BCUT2D eigenvalue weighted by Crippen LogP contribution is 2.11. The van der Waals surface area contributed by atoms with Crippen molar-refractivity contribution in [3.05, 3.63) is 35.4 Å². The summed E-state index contributed by atoms with van der Waals surface area (Å²) in [4.78, 5) is 12.0. The summed E-state index contributed by atoms with van der Waals surface area (Å²) in [5, 5.41) is 0. The lowest BCUT2D eigenvalue weighted by Gasteiger charge is -2.13. The highest BCUT2D eigenvalue weighted by atomic mass is 16.5. The molecule has 0 aliphatic rings. The van der Waals surface area contributed by atoms with Gasteiger partial charge in [-0.05, 0) is 25.3 Å². The molecule has 0 fully saturated rings. The molecule has 88 valence electrons. The summed E-state index contributed by atoms with van der Waals surface area (Å²) in [5.74, 6) is 0.0898. The van der Waals surface area contributed by atoms with Crippen LogP contribution in [0.2, 0.25) is 0 Å². The van der Waals surface area contributed by atoms with Crippen LogP contribution in [0, 0.1) is 0 Å². The number of ketones is 1. The molecule has 0 saturated carbocycles. The largest absolute Gasteiger partial charge is 0.370 e. The van der Waals surface area contributed by atoms with Crippen LogP contribution in [0.4, 0.5) is 0 Å². The predicted molar refractivity (Wildman–Crippen MR) is 65.9 cm³/mol. The van der Waals surface area contributed by atoms with E-state index in [0.29, 0.717) is 6.61 Å². The van der Waals surface area contributed by atoms with Crippen molar-refractivity contribution in [1.82, 2.24) is 0 Å². The number of Topliss-reactive ketones (excluding diaryl/α,β-unsaturated/α-hetero) is 1. The van der Waals surface area contributed by atoms with Crippen molar-refractivity contribution in [3.8, 4) is 0 Å². The van der Waals surface area contributed by atoms with Crippen LogP contribution in [0.3, 0.4) is 0 Å². The average molecular weight is 220 g/mol. The lowest BCUT2D eigenvalue weighted by molar-refractivity contribution is 0.0444. The minimum Gasteiger partial charge on any atom is -0.370 e. The van der Waals surface area contributed by atoms with Crippen LogP contribution in [-0.2, 0) is 11.2 Å². The second-order valence-electron chi connectivity index (χ2n) is 3.77. The van der Waals surface area contributed by atoms with Gasteiger partial charge in [0.15, 0.2) is 5.78 Å². The minimum absolute atomic E-state index is 0.0898. The van der Waals surface area contributed by atoms with Gasteiger partial charge in [0, 0.05) is 12.2 Å². The third-order valence-electron chi connectivity index (χ3n) is 2.68. The van der Waals surface area contributed by atoms with E-state index >= 15 is 0 Å². The molecule has 1 unspecified atom stereocenters. The zero-order chi connectivity index (χ0) is 12.0.